The van der Waals surface area contributed by atoms with Crippen molar-refractivity contribution in [3.05, 3.63) is 92.4 Å². The number of hydrogen-bond donors (Lipinski definition) is 1. The van der Waals surface area contributed by atoms with Crippen molar-refractivity contribution in [2.45, 2.75) is 20.5 Å². The number of ether oxygens (including phenoxy) is 2. The second kappa shape index (κ2) is 11.0. The molecule has 9 heteroatoms. The molecule has 1 N–H and O–H groups in total. The van der Waals surface area contributed by atoms with Crippen LogP contribution in [0.1, 0.15) is 23.6 Å². The number of carbonyl (C=O) groups excluding carboxylic acids is 3. The summed E-state index contributed by atoms with van der Waals surface area (Å²) in [7, 11) is 0. The third-order valence-electron chi connectivity index (χ3n) is 5.29. The van der Waals surface area contributed by atoms with E-state index < -0.39 is 17.8 Å². The molecular formula is C27H22BrClN2O5. The topological polar surface area (TPSA) is 84.9 Å². The minimum atomic E-state index is -0.833. The van der Waals surface area contributed by atoms with Gasteiger partial charge < -0.3 is 9.47 Å². The van der Waals surface area contributed by atoms with Crippen LogP contribution in [0, 0.1) is 6.92 Å². The van der Waals surface area contributed by atoms with E-state index in [4.69, 9.17) is 21.1 Å². The highest BCUT2D eigenvalue weighted by Gasteiger charge is 2.36. The number of carbonyl (C=O) groups is 3. The molecule has 4 amide bonds. The second-order valence-corrected chi connectivity index (χ2v) is 9.27. The molecule has 0 aliphatic carbocycles. The SMILES string of the molecule is CCOc1cc(/C=C2\C(=O)NC(=O)N(c3ccc(Cl)cc3)C2=O)cc(Br)c1OCc1cccc(C)c1. The minimum Gasteiger partial charge on any atom is -0.490 e. The summed E-state index contributed by atoms with van der Waals surface area (Å²) in [5.41, 5.74) is 2.73. The Morgan fingerprint density at radius 1 is 1.03 bits per heavy atom. The maximum Gasteiger partial charge on any atom is 0.335 e. The van der Waals surface area contributed by atoms with Crippen LogP contribution in [-0.2, 0) is 16.2 Å². The number of barbiturate groups is 1. The Morgan fingerprint density at radius 3 is 2.47 bits per heavy atom. The molecule has 1 heterocycles. The van der Waals surface area contributed by atoms with Gasteiger partial charge in [-0.3, -0.25) is 14.9 Å². The number of imide groups is 2. The van der Waals surface area contributed by atoms with Gasteiger partial charge in [-0.1, -0.05) is 41.4 Å². The Morgan fingerprint density at radius 2 is 1.78 bits per heavy atom. The van der Waals surface area contributed by atoms with Gasteiger partial charge in [-0.2, -0.15) is 0 Å². The van der Waals surface area contributed by atoms with Gasteiger partial charge in [-0.05, 0) is 83.4 Å². The highest BCUT2D eigenvalue weighted by Crippen LogP contribution is 2.38. The van der Waals surface area contributed by atoms with Crippen molar-refractivity contribution in [1.82, 2.24) is 5.32 Å². The largest absolute Gasteiger partial charge is 0.490 e. The molecule has 0 bridgehead atoms. The number of nitrogens with zero attached hydrogens (tertiary/aromatic N) is 1. The highest BCUT2D eigenvalue weighted by molar-refractivity contribution is 9.10. The third kappa shape index (κ3) is 5.61. The summed E-state index contributed by atoms with van der Waals surface area (Å²) in [5.74, 6) is -0.595. The molecular weight excluding hydrogens is 548 g/mol. The molecule has 1 aliphatic heterocycles. The van der Waals surface area contributed by atoms with Crippen molar-refractivity contribution in [2.75, 3.05) is 11.5 Å². The summed E-state index contributed by atoms with van der Waals surface area (Å²) in [6.07, 6.45) is 1.41. The number of hydrogen-bond acceptors (Lipinski definition) is 5. The molecule has 3 aromatic carbocycles. The van der Waals surface area contributed by atoms with E-state index in [1.165, 1.54) is 18.2 Å². The molecule has 4 rings (SSSR count). The summed E-state index contributed by atoms with van der Waals surface area (Å²) < 4.78 is 12.4. The number of halogens is 2. The van der Waals surface area contributed by atoms with Gasteiger partial charge in [-0.25, -0.2) is 9.69 Å². The van der Waals surface area contributed by atoms with E-state index in [1.54, 1.807) is 24.3 Å². The van der Waals surface area contributed by atoms with E-state index in [0.717, 1.165) is 16.0 Å². The maximum absolute atomic E-state index is 13.2. The number of amides is 4. The Hall–Kier alpha value is -3.62. The molecule has 0 saturated carbocycles. The van der Waals surface area contributed by atoms with Crippen LogP contribution in [0.5, 0.6) is 11.5 Å². The molecule has 0 aromatic heterocycles. The van der Waals surface area contributed by atoms with Crippen LogP contribution in [0.15, 0.2) is 70.7 Å². The van der Waals surface area contributed by atoms with E-state index in [-0.39, 0.29) is 11.3 Å². The lowest BCUT2D eigenvalue weighted by Crippen LogP contribution is -2.54. The highest BCUT2D eigenvalue weighted by atomic mass is 79.9. The number of aryl methyl sites for hydroxylation is 1. The van der Waals surface area contributed by atoms with Gasteiger partial charge >= 0.3 is 6.03 Å². The van der Waals surface area contributed by atoms with Gasteiger partial charge in [0.2, 0.25) is 0 Å². The van der Waals surface area contributed by atoms with Gasteiger partial charge in [0.25, 0.3) is 11.8 Å². The van der Waals surface area contributed by atoms with Crippen molar-refractivity contribution in [1.29, 1.82) is 0 Å². The van der Waals surface area contributed by atoms with Crippen molar-refractivity contribution >= 4 is 57.1 Å². The molecule has 36 heavy (non-hydrogen) atoms. The second-order valence-electron chi connectivity index (χ2n) is 7.97. The van der Waals surface area contributed by atoms with E-state index >= 15 is 0 Å². The maximum atomic E-state index is 13.2. The first-order valence-corrected chi connectivity index (χ1v) is 12.3. The Bertz CT molecular complexity index is 1370. The molecule has 0 spiro atoms. The van der Waals surface area contributed by atoms with E-state index in [2.05, 4.69) is 21.2 Å². The first kappa shape index (κ1) is 25.5. The van der Waals surface area contributed by atoms with Crippen molar-refractivity contribution in [3.8, 4) is 11.5 Å². The zero-order valence-electron chi connectivity index (χ0n) is 19.5. The number of benzene rings is 3. The molecule has 1 aliphatic rings. The predicted octanol–water partition coefficient (Wildman–Crippen LogP) is 6.06. The van der Waals surface area contributed by atoms with Crippen LogP contribution < -0.4 is 19.7 Å². The average molecular weight is 570 g/mol. The van der Waals surface area contributed by atoms with Crippen LogP contribution in [0.4, 0.5) is 10.5 Å². The third-order valence-corrected chi connectivity index (χ3v) is 6.14. The summed E-state index contributed by atoms with van der Waals surface area (Å²) in [5, 5.41) is 2.66. The van der Waals surface area contributed by atoms with Crippen LogP contribution in [0.3, 0.4) is 0 Å². The van der Waals surface area contributed by atoms with Gasteiger partial charge in [0.1, 0.15) is 12.2 Å². The lowest BCUT2D eigenvalue weighted by molar-refractivity contribution is -0.122. The van der Waals surface area contributed by atoms with Gasteiger partial charge in [-0.15, -0.1) is 0 Å². The molecule has 0 radical (unpaired) electrons. The van der Waals surface area contributed by atoms with Crippen LogP contribution >= 0.6 is 27.5 Å². The van der Waals surface area contributed by atoms with Crippen LogP contribution in [0.25, 0.3) is 6.08 Å². The van der Waals surface area contributed by atoms with Crippen molar-refractivity contribution < 1.29 is 23.9 Å². The molecule has 184 valence electrons. The Labute approximate surface area is 221 Å². The van der Waals surface area contributed by atoms with Gasteiger partial charge in [0, 0.05) is 5.02 Å². The summed E-state index contributed by atoms with van der Waals surface area (Å²) in [6, 6.07) is 16.7. The number of anilines is 1. The Kier molecular flexibility index (Phi) is 7.76. The zero-order chi connectivity index (χ0) is 25.8. The lowest BCUT2D eigenvalue weighted by atomic mass is 10.1. The van der Waals surface area contributed by atoms with Crippen molar-refractivity contribution in [2.24, 2.45) is 0 Å². The van der Waals surface area contributed by atoms with Gasteiger partial charge in [0.05, 0.1) is 16.8 Å². The fourth-order valence-corrected chi connectivity index (χ4v) is 4.38. The van der Waals surface area contributed by atoms with Crippen LogP contribution in [-0.4, -0.2) is 24.5 Å². The number of nitrogens with one attached hydrogen (secondary N) is 1. The normalized spacial score (nSPS) is 14.7. The first-order chi connectivity index (χ1) is 17.3. The summed E-state index contributed by atoms with van der Waals surface area (Å²) in [6.45, 7) is 4.57. The monoisotopic (exact) mass is 568 g/mol. The molecule has 0 atom stereocenters. The number of rotatable bonds is 7. The fourth-order valence-electron chi connectivity index (χ4n) is 3.68. The van der Waals surface area contributed by atoms with E-state index in [9.17, 15) is 14.4 Å². The summed E-state index contributed by atoms with van der Waals surface area (Å²) >= 11 is 9.44. The minimum absolute atomic E-state index is 0.202. The standard InChI is InChI=1S/C27H22BrClN2O5/c1-3-35-23-14-18(13-22(28)24(23)36-15-17-6-4-5-16(2)11-17)12-21-25(32)30-27(34)31(26(21)33)20-9-7-19(29)8-10-20/h4-14H,3,15H2,1-2H3,(H,30,32,34)/b21-12+. The predicted molar refractivity (Wildman–Crippen MR) is 141 cm³/mol. The summed E-state index contributed by atoms with van der Waals surface area (Å²) in [4.78, 5) is 39.0. The molecule has 1 fully saturated rings. The Balaban J connectivity index is 1.65. The zero-order valence-corrected chi connectivity index (χ0v) is 21.9. The smallest absolute Gasteiger partial charge is 0.335 e. The van der Waals surface area contributed by atoms with E-state index in [0.29, 0.717) is 39.8 Å². The molecule has 3 aromatic rings. The molecule has 1 saturated heterocycles. The molecule has 0 unspecified atom stereocenters. The quantitative estimate of drug-likeness (QED) is 0.276. The lowest BCUT2D eigenvalue weighted by Gasteiger charge is -2.26. The van der Waals surface area contributed by atoms with Crippen molar-refractivity contribution in [3.63, 3.8) is 0 Å². The first-order valence-electron chi connectivity index (χ1n) is 11.1. The van der Waals surface area contributed by atoms with Crippen LogP contribution in [0.2, 0.25) is 5.02 Å². The van der Waals surface area contributed by atoms with Gasteiger partial charge in [0.15, 0.2) is 11.5 Å². The number of urea groups is 1. The fraction of sp³-hybridized carbons (Fsp3) is 0.148. The average Bonchev–Trinajstić information content (AvgIpc) is 2.82. The molecule has 7 nitrogen and oxygen atoms in total. The van der Waals surface area contributed by atoms with E-state index in [1.807, 2.05) is 38.1 Å².